The van der Waals surface area contributed by atoms with E-state index in [9.17, 15) is 0 Å². The second-order valence-electron chi connectivity index (χ2n) is 6.24. The molecule has 136 valence electrons. The first-order valence-electron chi connectivity index (χ1n) is 8.66. The van der Waals surface area contributed by atoms with Crippen molar-refractivity contribution in [3.05, 3.63) is 82.6 Å². The Morgan fingerprint density at radius 3 is 2.74 bits per heavy atom. The Hall–Kier alpha value is -3.05. The molecule has 0 amide bonds. The molecule has 4 rings (SSSR count). The molecule has 0 aliphatic rings. The molecule has 6 heteroatoms. The Kier molecular flexibility index (Phi) is 4.94. The van der Waals surface area contributed by atoms with Crippen LogP contribution in [0, 0.1) is 0 Å². The quantitative estimate of drug-likeness (QED) is 0.504. The van der Waals surface area contributed by atoms with Gasteiger partial charge >= 0.3 is 0 Å². The molecule has 0 atom stereocenters. The normalized spacial score (nSPS) is 10.9. The molecule has 0 saturated carbocycles. The van der Waals surface area contributed by atoms with Gasteiger partial charge in [0.15, 0.2) is 0 Å². The number of ether oxygens (including phenoxy) is 1. The predicted octanol–water partition coefficient (Wildman–Crippen LogP) is 4.82. The van der Waals surface area contributed by atoms with Crippen LogP contribution in [0.1, 0.15) is 16.7 Å². The van der Waals surface area contributed by atoms with Gasteiger partial charge < -0.3 is 15.0 Å². The number of nitrogens with zero attached hydrogens (tertiary/aromatic N) is 2. The third-order valence-corrected chi connectivity index (χ3v) is 4.69. The van der Waals surface area contributed by atoms with Gasteiger partial charge in [-0.05, 0) is 47.5 Å². The zero-order valence-electron chi connectivity index (χ0n) is 14.9. The molecule has 3 aromatic heterocycles. The van der Waals surface area contributed by atoms with Crippen molar-refractivity contribution >= 4 is 28.5 Å². The second-order valence-corrected chi connectivity index (χ2v) is 6.67. The number of hydrogen-bond acceptors (Lipinski definition) is 4. The van der Waals surface area contributed by atoms with Gasteiger partial charge in [-0.3, -0.25) is 0 Å². The van der Waals surface area contributed by atoms with E-state index in [1.165, 1.54) is 5.56 Å². The molecule has 0 bridgehead atoms. The number of hydrogen-bond donors (Lipinski definition) is 2. The molecule has 5 nitrogen and oxygen atoms in total. The number of anilines is 1. The molecule has 3 heterocycles. The van der Waals surface area contributed by atoms with E-state index >= 15 is 0 Å². The summed E-state index contributed by atoms with van der Waals surface area (Å²) >= 11 is 5.93. The van der Waals surface area contributed by atoms with Gasteiger partial charge in [0.05, 0.1) is 7.11 Å². The van der Waals surface area contributed by atoms with Gasteiger partial charge in [0, 0.05) is 41.3 Å². The van der Waals surface area contributed by atoms with Crippen LogP contribution >= 0.6 is 11.6 Å². The largest absolute Gasteiger partial charge is 0.481 e. The van der Waals surface area contributed by atoms with Crippen molar-refractivity contribution in [2.75, 3.05) is 12.4 Å². The van der Waals surface area contributed by atoms with Crippen molar-refractivity contribution in [1.29, 1.82) is 0 Å². The van der Waals surface area contributed by atoms with Crippen LogP contribution in [0.15, 0.2) is 60.9 Å². The van der Waals surface area contributed by atoms with Gasteiger partial charge in [0.2, 0.25) is 5.88 Å². The summed E-state index contributed by atoms with van der Waals surface area (Å²) in [4.78, 5) is 12.1. The van der Waals surface area contributed by atoms with Crippen LogP contribution in [0.3, 0.4) is 0 Å². The Labute approximate surface area is 162 Å². The number of halogens is 1. The Bertz CT molecular complexity index is 1060. The monoisotopic (exact) mass is 378 g/mol. The predicted molar refractivity (Wildman–Crippen MR) is 108 cm³/mol. The van der Waals surface area contributed by atoms with Gasteiger partial charge in [-0.25, -0.2) is 4.98 Å². The first-order valence-corrected chi connectivity index (χ1v) is 9.04. The van der Waals surface area contributed by atoms with Crippen molar-refractivity contribution in [2.24, 2.45) is 0 Å². The highest BCUT2D eigenvalue weighted by Gasteiger charge is 2.11. The van der Waals surface area contributed by atoms with E-state index in [0.29, 0.717) is 12.4 Å². The number of benzene rings is 1. The Morgan fingerprint density at radius 2 is 1.93 bits per heavy atom. The number of pyridine rings is 2. The van der Waals surface area contributed by atoms with Crippen LogP contribution in [0.4, 0.5) is 5.82 Å². The second kappa shape index (κ2) is 7.68. The summed E-state index contributed by atoms with van der Waals surface area (Å²) in [5, 5.41) is 5.17. The van der Waals surface area contributed by atoms with Gasteiger partial charge in [0.1, 0.15) is 11.5 Å². The van der Waals surface area contributed by atoms with Crippen molar-refractivity contribution in [3.8, 4) is 5.88 Å². The minimum atomic E-state index is 0.620. The molecule has 4 aromatic rings. The number of fused-ring (bicyclic) bond motifs is 1. The van der Waals surface area contributed by atoms with Crippen LogP contribution in [0.5, 0.6) is 5.88 Å². The lowest BCUT2D eigenvalue weighted by Gasteiger charge is -2.11. The van der Waals surface area contributed by atoms with Crippen molar-refractivity contribution in [3.63, 3.8) is 0 Å². The van der Waals surface area contributed by atoms with E-state index in [4.69, 9.17) is 16.3 Å². The third kappa shape index (κ3) is 3.88. The topological polar surface area (TPSA) is 62.8 Å². The van der Waals surface area contributed by atoms with Gasteiger partial charge in [-0.15, -0.1) is 0 Å². The highest BCUT2D eigenvalue weighted by Crippen LogP contribution is 2.25. The van der Waals surface area contributed by atoms with E-state index in [0.717, 1.165) is 39.4 Å². The number of H-pyrrole nitrogens is 1. The maximum absolute atomic E-state index is 5.93. The lowest BCUT2D eigenvalue weighted by atomic mass is 10.1. The Balaban J connectivity index is 1.51. The molecular weight excluding hydrogens is 360 g/mol. The molecule has 0 fully saturated rings. The Morgan fingerprint density at radius 1 is 1.07 bits per heavy atom. The van der Waals surface area contributed by atoms with Crippen molar-refractivity contribution in [2.45, 2.75) is 13.0 Å². The maximum atomic E-state index is 5.93. The molecule has 0 aliphatic carbocycles. The molecule has 0 radical (unpaired) electrons. The molecule has 0 aliphatic heterocycles. The van der Waals surface area contributed by atoms with E-state index in [1.54, 1.807) is 13.3 Å². The SMILES string of the molecule is COc1nc(NCc2ccc(Cl)cc2)ccc1Cc1c[nH]c2ncccc12. The number of nitrogens with one attached hydrogen (secondary N) is 2. The summed E-state index contributed by atoms with van der Waals surface area (Å²) in [6.07, 6.45) is 4.50. The summed E-state index contributed by atoms with van der Waals surface area (Å²) in [5.74, 6) is 1.39. The minimum Gasteiger partial charge on any atom is -0.481 e. The number of rotatable bonds is 6. The summed E-state index contributed by atoms with van der Waals surface area (Å²) < 4.78 is 5.52. The summed E-state index contributed by atoms with van der Waals surface area (Å²) in [6.45, 7) is 0.667. The summed E-state index contributed by atoms with van der Waals surface area (Å²) in [5.41, 5.74) is 4.22. The highest BCUT2D eigenvalue weighted by molar-refractivity contribution is 6.30. The number of aromatic nitrogens is 3. The van der Waals surface area contributed by atoms with Crippen LogP contribution in [-0.4, -0.2) is 22.1 Å². The van der Waals surface area contributed by atoms with Crippen molar-refractivity contribution in [1.82, 2.24) is 15.0 Å². The zero-order valence-corrected chi connectivity index (χ0v) is 15.6. The van der Waals surface area contributed by atoms with Crippen LogP contribution in [-0.2, 0) is 13.0 Å². The fraction of sp³-hybridized carbons (Fsp3) is 0.143. The molecule has 0 unspecified atom stereocenters. The zero-order chi connectivity index (χ0) is 18.6. The smallest absolute Gasteiger partial charge is 0.218 e. The van der Waals surface area contributed by atoms with Gasteiger partial charge in [0.25, 0.3) is 0 Å². The minimum absolute atomic E-state index is 0.620. The van der Waals surface area contributed by atoms with E-state index in [2.05, 4.69) is 26.3 Å². The van der Waals surface area contributed by atoms with Gasteiger partial charge in [-0.1, -0.05) is 23.7 Å². The summed E-state index contributed by atoms with van der Waals surface area (Å²) in [7, 11) is 1.64. The van der Waals surface area contributed by atoms with E-state index < -0.39 is 0 Å². The fourth-order valence-corrected chi connectivity index (χ4v) is 3.16. The average molecular weight is 379 g/mol. The average Bonchev–Trinajstić information content (AvgIpc) is 3.11. The molecule has 27 heavy (non-hydrogen) atoms. The molecular formula is C21H19ClN4O. The lowest BCUT2D eigenvalue weighted by Crippen LogP contribution is -2.04. The number of methoxy groups -OCH3 is 1. The van der Waals surface area contributed by atoms with E-state index in [-0.39, 0.29) is 0 Å². The third-order valence-electron chi connectivity index (χ3n) is 4.44. The van der Waals surface area contributed by atoms with Crippen LogP contribution in [0.25, 0.3) is 11.0 Å². The highest BCUT2D eigenvalue weighted by atomic mass is 35.5. The van der Waals surface area contributed by atoms with Crippen molar-refractivity contribution < 1.29 is 4.74 Å². The first kappa shape index (κ1) is 17.4. The lowest BCUT2D eigenvalue weighted by molar-refractivity contribution is 0.394. The molecule has 1 aromatic carbocycles. The van der Waals surface area contributed by atoms with Crippen LogP contribution in [0.2, 0.25) is 5.02 Å². The van der Waals surface area contributed by atoms with E-state index in [1.807, 2.05) is 48.7 Å². The molecule has 0 spiro atoms. The maximum Gasteiger partial charge on any atom is 0.218 e. The first-order chi connectivity index (χ1) is 13.2. The number of aromatic amines is 1. The molecule has 2 N–H and O–H groups in total. The fourth-order valence-electron chi connectivity index (χ4n) is 3.04. The molecule has 0 saturated heterocycles. The van der Waals surface area contributed by atoms with Crippen LogP contribution < -0.4 is 10.1 Å². The standard InChI is InChI=1S/C21H19ClN4O/c1-27-21-15(11-16-13-25-20-18(16)3-2-10-23-20)6-9-19(26-21)24-12-14-4-7-17(22)8-5-14/h2-10,13H,11-12H2,1H3,(H,23,25)(H,24,26). The van der Waals surface area contributed by atoms with Gasteiger partial charge in [-0.2, -0.15) is 4.98 Å². The summed E-state index contributed by atoms with van der Waals surface area (Å²) in [6, 6.07) is 15.8.